The summed E-state index contributed by atoms with van der Waals surface area (Å²) in [7, 11) is 0. The summed E-state index contributed by atoms with van der Waals surface area (Å²) in [4.78, 5) is 20.2. The third kappa shape index (κ3) is 8.62. The first kappa shape index (κ1) is 14.6. The predicted octanol–water partition coefficient (Wildman–Crippen LogP) is 1.15. The van der Waals surface area contributed by atoms with Crippen LogP contribution in [0.25, 0.3) is 0 Å². The number of carbonyl (C=O) groups is 2. The predicted molar refractivity (Wildman–Crippen MR) is 67.9 cm³/mol. The molecule has 1 aromatic carbocycles. The molecule has 1 aromatic rings. The molecule has 3 N–H and O–H groups in total. The molecule has 0 spiro atoms. The van der Waals surface area contributed by atoms with Crippen LogP contribution in [0.5, 0.6) is 0 Å². The van der Waals surface area contributed by atoms with Crippen LogP contribution in [0.1, 0.15) is 5.56 Å². The van der Waals surface area contributed by atoms with E-state index in [2.05, 4.69) is 24.2 Å². The van der Waals surface area contributed by atoms with Crippen LogP contribution in [0.3, 0.4) is 0 Å². The van der Waals surface area contributed by atoms with E-state index in [-0.39, 0.29) is 5.91 Å². The average molecular weight is 232 g/mol. The van der Waals surface area contributed by atoms with Crippen molar-refractivity contribution in [2.75, 3.05) is 0 Å². The largest absolute Gasteiger partial charge is 0.366 e. The van der Waals surface area contributed by atoms with Gasteiger partial charge in [-0.15, -0.1) is 0 Å². The fourth-order valence-electron chi connectivity index (χ4n) is 0.857. The summed E-state index contributed by atoms with van der Waals surface area (Å²) in [5.41, 5.74) is 5.63. The fraction of sp³-hybridized carbons (Fsp3) is 0.0769. The molecule has 4 heteroatoms. The number of carbonyl (C=O) groups excluding carboxylic acids is 2. The Bertz CT molecular complexity index is 386. The molecule has 2 amide bonds. The lowest BCUT2D eigenvalue weighted by Crippen LogP contribution is -2.19. The van der Waals surface area contributed by atoms with Gasteiger partial charge in [0.1, 0.15) is 0 Å². The summed E-state index contributed by atoms with van der Waals surface area (Å²) >= 11 is 0. The summed E-state index contributed by atoms with van der Waals surface area (Å²) in [5, 5.41) is 2.69. The molecule has 4 nitrogen and oxygen atoms in total. The minimum Gasteiger partial charge on any atom is -0.366 e. The zero-order valence-electron chi connectivity index (χ0n) is 9.56. The van der Waals surface area contributed by atoms with Gasteiger partial charge in [-0.05, 0) is 17.7 Å². The van der Waals surface area contributed by atoms with Crippen molar-refractivity contribution in [2.24, 2.45) is 5.73 Å². The molecule has 0 unspecified atom stereocenters. The summed E-state index contributed by atoms with van der Waals surface area (Å²) in [6.07, 6.45) is 2.32. The van der Waals surface area contributed by atoms with Crippen LogP contribution in [0.2, 0.25) is 0 Å². The van der Waals surface area contributed by atoms with Crippen LogP contribution in [0.4, 0.5) is 0 Å². The van der Waals surface area contributed by atoms with Gasteiger partial charge in [-0.2, -0.15) is 0 Å². The third-order valence-electron chi connectivity index (χ3n) is 1.70. The summed E-state index contributed by atoms with van der Waals surface area (Å²) < 4.78 is 0. The molecule has 0 aliphatic carbocycles. The van der Waals surface area contributed by atoms with Gasteiger partial charge in [0.25, 0.3) is 0 Å². The smallest absolute Gasteiger partial charge is 0.243 e. The van der Waals surface area contributed by atoms with Crippen molar-refractivity contribution in [3.05, 3.63) is 61.2 Å². The van der Waals surface area contributed by atoms with Gasteiger partial charge in [0, 0.05) is 6.54 Å². The second-order valence-corrected chi connectivity index (χ2v) is 3.01. The molecule has 0 radical (unpaired) electrons. The summed E-state index contributed by atoms with van der Waals surface area (Å²) in [6, 6.07) is 9.75. The van der Waals surface area contributed by atoms with Gasteiger partial charge in [0.15, 0.2) is 0 Å². The van der Waals surface area contributed by atoms with Crippen LogP contribution in [0.15, 0.2) is 55.6 Å². The van der Waals surface area contributed by atoms with Crippen LogP contribution in [-0.2, 0) is 16.1 Å². The lowest BCUT2D eigenvalue weighted by molar-refractivity contribution is -0.116. The maximum Gasteiger partial charge on any atom is 0.243 e. The van der Waals surface area contributed by atoms with Gasteiger partial charge in [0.05, 0.1) is 0 Å². The number of primary amides is 1. The van der Waals surface area contributed by atoms with Gasteiger partial charge in [-0.25, -0.2) is 0 Å². The van der Waals surface area contributed by atoms with E-state index in [1.807, 2.05) is 30.3 Å². The highest BCUT2D eigenvalue weighted by Crippen LogP contribution is 1.96. The molecule has 0 heterocycles. The number of nitrogens with two attached hydrogens (primary N) is 1. The first-order valence-electron chi connectivity index (χ1n) is 4.96. The molecule has 0 saturated carbocycles. The third-order valence-corrected chi connectivity index (χ3v) is 1.70. The van der Waals surface area contributed by atoms with Gasteiger partial charge < -0.3 is 11.1 Å². The van der Waals surface area contributed by atoms with Crippen molar-refractivity contribution in [2.45, 2.75) is 6.54 Å². The molecule has 0 bridgehead atoms. The minimum absolute atomic E-state index is 0.140. The zero-order valence-corrected chi connectivity index (χ0v) is 9.56. The number of amides is 2. The molecular formula is C13H16N2O2. The highest BCUT2D eigenvalue weighted by Gasteiger charge is 1.93. The Morgan fingerprint density at radius 3 is 2.12 bits per heavy atom. The molecule has 0 atom stereocenters. The Balaban J connectivity index is 0.000000437. The Kier molecular flexibility index (Phi) is 7.67. The minimum atomic E-state index is -0.481. The first-order valence-corrected chi connectivity index (χ1v) is 4.96. The van der Waals surface area contributed by atoms with E-state index in [0.29, 0.717) is 6.54 Å². The number of hydrogen-bond donors (Lipinski definition) is 2. The van der Waals surface area contributed by atoms with E-state index < -0.39 is 5.91 Å². The Labute approximate surface area is 101 Å². The molecule has 0 fully saturated rings. The second kappa shape index (κ2) is 8.91. The maximum atomic E-state index is 10.8. The SMILES string of the molecule is C=CC(=O)NCc1ccccc1.C=CC(N)=O. The Morgan fingerprint density at radius 2 is 1.71 bits per heavy atom. The number of rotatable bonds is 4. The van der Waals surface area contributed by atoms with Gasteiger partial charge in [-0.1, -0.05) is 43.5 Å². The van der Waals surface area contributed by atoms with Crippen molar-refractivity contribution in [1.82, 2.24) is 5.32 Å². The normalized spacial score (nSPS) is 8.24. The maximum absolute atomic E-state index is 10.8. The van der Waals surface area contributed by atoms with Crippen molar-refractivity contribution in [3.8, 4) is 0 Å². The Morgan fingerprint density at radius 1 is 1.18 bits per heavy atom. The van der Waals surface area contributed by atoms with Crippen LogP contribution in [0, 0.1) is 0 Å². The molecule has 0 aliphatic rings. The van der Waals surface area contributed by atoms with Crippen LogP contribution in [-0.4, -0.2) is 11.8 Å². The standard InChI is InChI=1S/C10H11NO.C3H5NO/c1-2-10(12)11-8-9-6-4-3-5-7-9;1-2-3(4)5/h2-7H,1,8H2,(H,11,12);2H,1H2,(H2,4,5). The lowest BCUT2D eigenvalue weighted by atomic mass is 10.2. The molecule has 0 aromatic heterocycles. The summed E-state index contributed by atoms with van der Waals surface area (Å²) in [5.74, 6) is -0.621. The van der Waals surface area contributed by atoms with Gasteiger partial charge >= 0.3 is 0 Å². The average Bonchev–Trinajstić information content (AvgIpc) is 2.37. The molecule has 1 rings (SSSR count). The number of nitrogens with one attached hydrogen (secondary N) is 1. The molecular weight excluding hydrogens is 216 g/mol. The molecule has 0 aliphatic heterocycles. The zero-order chi connectivity index (χ0) is 13.1. The van der Waals surface area contributed by atoms with Crippen LogP contribution >= 0.6 is 0 Å². The topological polar surface area (TPSA) is 72.2 Å². The lowest BCUT2D eigenvalue weighted by Gasteiger charge is -2.00. The van der Waals surface area contributed by atoms with E-state index >= 15 is 0 Å². The van der Waals surface area contributed by atoms with E-state index in [0.717, 1.165) is 11.6 Å². The van der Waals surface area contributed by atoms with Gasteiger partial charge in [0.2, 0.25) is 11.8 Å². The summed E-state index contributed by atoms with van der Waals surface area (Å²) in [6.45, 7) is 7.01. The second-order valence-electron chi connectivity index (χ2n) is 3.01. The van der Waals surface area contributed by atoms with Gasteiger partial charge in [-0.3, -0.25) is 9.59 Å². The van der Waals surface area contributed by atoms with Crippen molar-refractivity contribution in [3.63, 3.8) is 0 Å². The fourth-order valence-corrected chi connectivity index (χ4v) is 0.857. The monoisotopic (exact) mass is 232 g/mol. The molecule has 0 saturated heterocycles. The highest BCUT2D eigenvalue weighted by molar-refractivity contribution is 5.86. The molecule has 17 heavy (non-hydrogen) atoms. The van der Waals surface area contributed by atoms with Crippen molar-refractivity contribution in [1.29, 1.82) is 0 Å². The number of benzene rings is 1. The van der Waals surface area contributed by atoms with E-state index in [1.165, 1.54) is 6.08 Å². The van der Waals surface area contributed by atoms with E-state index in [9.17, 15) is 9.59 Å². The number of hydrogen-bond acceptors (Lipinski definition) is 2. The molecule has 90 valence electrons. The van der Waals surface area contributed by atoms with E-state index in [4.69, 9.17) is 0 Å². The van der Waals surface area contributed by atoms with Crippen molar-refractivity contribution >= 4 is 11.8 Å². The van der Waals surface area contributed by atoms with Crippen molar-refractivity contribution < 1.29 is 9.59 Å². The highest BCUT2D eigenvalue weighted by atomic mass is 16.1. The van der Waals surface area contributed by atoms with Crippen LogP contribution < -0.4 is 11.1 Å². The quantitative estimate of drug-likeness (QED) is 0.764. The van der Waals surface area contributed by atoms with E-state index in [1.54, 1.807) is 0 Å². The first-order chi connectivity index (χ1) is 8.10. The Hall–Kier alpha value is -2.36.